The maximum absolute atomic E-state index is 12.2. The van der Waals surface area contributed by atoms with Crippen molar-refractivity contribution in [2.24, 2.45) is 0 Å². The third-order valence-corrected chi connectivity index (χ3v) is 5.29. The summed E-state index contributed by atoms with van der Waals surface area (Å²) in [6, 6.07) is 9.96. The van der Waals surface area contributed by atoms with E-state index in [1.807, 2.05) is 29.2 Å². The van der Waals surface area contributed by atoms with Crippen molar-refractivity contribution < 1.29 is 9.53 Å². The Bertz CT molecular complexity index is 598. The Morgan fingerprint density at radius 3 is 2.95 bits per heavy atom. The van der Waals surface area contributed by atoms with E-state index in [0.717, 1.165) is 11.3 Å². The van der Waals surface area contributed by atoms with Crippen LogP contribution in [0.5, 0.6) is 5.75 Å². The highest BCUT2D eigenvalue weighted by molar-refractivity contribution is 8.00. The molecular formula is C15H15NO2S2. The summed E-state index contributed by atoms with van der Waals surface area (Å²) >= 11 is 3.36. The number of carbonyl (C=O) groups excluding carboxylic acids is 1. The number of thioether (sulfide) groups is 1. The number of ether oxygens (including phenoxy) is 1. The van der Waals surface area contributed by atoms with Crippen molar-refractivity contribution in [2.45, 2.75) is 11.9 Å². The van der Waals surface area contributed by atoms with Crippen LogP contribution in [0, 0.1) is 0 Å². The fraction of sp³-hybridized carbons (Fsp3) is 0.267. The number of rotatable bonds is 4. The fourth-order valence-electron chi connectivity index (χ4n) is 2.33. The minimum Gasteiger partial charge on any atom is -0.496 e. The molecule has 1 aromatic heterocycles. The lowest BCUT2D eigenvalue weighted by atomic mass is 10.1. The summed E-state index contributed by atoms with van der Waals surface area (Å²) in [6.07, 6.45) is 0. The van der Waals surface area contributed by atoms with E-state index < -0.39 is 0 Å². The van der Waals surface area contributed by atoms with Gasteiger partial charge in [0.1, 0.15) is 11.1 Å². The molecule has 0 aliphatic carbocycles. The summed E-state index contributed by atoms with van der Waals surface area (Å²) in [6.45, 7) is 0.594. The molecular weight excluding hydrogens is 290 g/mol. The SMILES string of the molecule is COc1ccccc1CN1C(=O)CSC1c1ccsc1. The van der Waals surface area contributed by atoms with Gasteiger partial charge in [0.05, 0.1) is 19.4 Å². The van der Waals surface area contributed by atoms with Crippen LogP contribution in [0.15, 0.2) is 41.1 Å². The summed E-state index contributed by atoms with van der Waals surface area (Å²) < 4.78 is 5.37. The van der Waals surface area contributed by atoms with E-state index in [2.05, 4.69) is 16.8 Å². The van der Waals surface area contributed by atoms with Crippen molar-refractivity contribution in [1.29, 1.82) is 0 Å². The van der Waals surface area contributed by atoms with Gasteiger partial charge in [0.15, 0.2) is 0 Å². The fourth-order valence-corrected chi connectivity index (χ4v) is 4.28. The second-order valence-electron chi connectivity index (χ2n) is 4.55. The summed E-state index contributed by atoms with van der Waals surface area (Å²) in [5.74, 6) is 1.58. The van der Waals surface area contributed by atoms with Crippen LogP contribution >= 0.6 is 23.1 Å². The quantitative estimate of drug-likeness (QED) is 0.865. The molecule has 0 spiro atoms. The molecule has 0 saturated carbocycles. The molecule has 0 radical (unpaired) electrons. The van der Waals surface area contributed by atoms with Gasteiger partial charge in [-0.05, 0) is 28.5 Å². The third kappa shape index (κ3) is 2.55. The molecule has 0 N–H and O–H groups in total. The molecule has 3 rings (SSSR count). The van der Waals surface area contributed by atoms with Gasteiger partial charge in [-0.1, -0.05) is 18.2 Å². The topological polar surface area (TPSA) is 29.5 Å². The maximum Gasteiger partial charge on any atom is 0.234 e. The highest BCUT2D eigenvalue weighted by Gasteiger charge is 2.33. The second-order valence-corrected chi connectivity index (χ2v) is 6.40. The third-order valence-electron chi connectivity index (χ3n) is 3.33. The number of nitrogens with zero attached hydrogens (tertiary/aromatic N) is 1. The molecule has 1 amide bonds. The van der Waals surface area contributed by atoms with Gasteiger partial charge < -0.3 is 9.64 Å². The van der Waals surface area contributed by atoms with Crippen LogP contribution in [0.4, 0.5) is 0 Å². The summed E-state index contributed by atoms with van der Waals surface area (Å²) in [5, 5.41) is 4.30. The van der Waals surface area contributed by atoms with Crippen LogP contribution in [0.1, 0.15) is 16.5 Å². The van der Waals surface area contributed by atoms with Crippen LogP contribution in [0.2, 0.25) is 0 Å². The van der Waals surface area contributed by atoms with Gasteiger partial charge in [-0.3, -0.25) is 4.79 Å². The van der Waals surface area contributed by atoms with E-state index in [9.17, 15) is 4.79 Å². The number of methoxy groups -OCH3 is 1. The molecule has 104 valence electrons. The molecule has 0 bridgehead atoms. The van der Waals surface area contributed by atoms with E-state index in [-0.39, 0.29) is 11.3 Å². The minimum absolute atomic E-state index is 0.124. The Labute approximate surface area is 126 Å². The van der Waals surface area contributed by atoms with E-state index in [4.69, 9.17) is 4.74 Å². The Morgan fingerprint density at radius 1 is 1.35 bits per heavy atom. The largest absolute Gasteiger partial charge is 0.496 e. The van der Waals surface area contributed by atoms with Crippen LogP contribution in [-0.2, 0) is 11.3 Å². The molecule has 2 heterocycles. The van der Waals surface area contributed by atoms with Crippen molar-refractivity contribution >= 4 is 29.0 Å². The molecule has 5 heteroatoms. The molecule has 3 nitrogen and oxygen atoms in total. The lowest BCUT2D eigenvalue weighted by molar-refractivity contribution is -0.128. The maximum atomic E-state index is 12.2. The predicted molar refractivity (Wildman–Crippen MR) is 83.1 cm³/mol. The van der Waals surface area contributed by atoms with Crippen molar-refractivity contribution in [1.82, 2.24) is 4.90 Å². The first kappa shape index (κ1) is 13.5. The summed E-state index contributed by atoms with van der Waals surface area (Å²) in [7, 11) is 1.66. The first-order valence-electron chi connectivity index (χ1n) is 6.34. The summed E-state index contributed by atoms with van der Waals surface area (Å²) in [4.78, 5) is 14.1. The molecule has 1 atom stereocenters. The lowest BCUT2D eigenvalue weighted by Crippen LogP contribution is -2.27. The first-order chi connectivity index (χ1) is 9.79. The molecule has 1 aliphatic heterocycles. The van der Waals surface area contributed by atoms with Gasteiger partial charge >= 0.3 is 0 Å². The molecule has 1 saturated heterocycles. The normalized spacial score (nSPS) is 18.6. The number of benzene rings is 1. The van der Waals surface area contributed by atoms with Crippen LogP contribution in [-0.4, -0.2) is 23.7 Å². The first-order valence-corrected chi connectivity index (χ1v) is 8.34. The van der Waals surface area contributed by atoms with E-state index in [0.29, 0.717) is 12.3 Å². The Kier molecular flexibility index (Phi) is 3.98. The van der Waals surface area contributed by atoms with Gasteiger partial charge in [0.25, 0.3) is 0 Å². The standard InChI is InChI=1S/C15H15NO2S2/c1-18-13-5-3-2-4-11(13)8-16-14(17)10-20-15(16)12-6-7-19-9-12/h2-7,9,15H,8,10H2,1H3. The monoisotopic (exact) mass is 305 g/mol. The van der Waals surface area contributed by atoms with Crippen molar-refractivity contribution in [3.8, 4) is 5.75 Å². The number of hydrogen-bond donors (Lipinski definition) is 0. The second kappa shape index (κ2) is 5.89. The van der Waals surface area contributed by atoms with Crippen molar-refractivity contribution in [2.75, 3.05) is 12.9 Å². The zero-order valence-corrected chi connectivity index (χ0v) is 12.7. The molecule has 1 aromatic carbocycles. The predicted octanol–water partition coefficient (Wildman–Crippen LogP) is 3.53. The van der Waals surface area contributed by atoms with Crippen LogP contribution < -0.4 is 4.74 Å². The Hall–Kier alpha value is -1.46. The highest BCUT2D eigenvalue weighted by atomic mass is 32.2. The number of para-hydroxylation sites is 1. The van der Waals surface area contributed by atoms with E-state index in [1.165, 1.54) is 5.56 Å². The molecule has 1 unspecified atom stereocenters. The Balaban J connectivity index is 1.86. The Morgan fingerprint density at radius 2 is 2.20 bits per heavy atom. The van der Waals surface area contributed by atoms with Crippen molar-refractivity contribution in [3.63, 3.8) is 0 Å². The van der Waals surface area contributed by atoms with Gasteiger partial charge in [-0.25, -0.2) is 0 Å². The smallest absolute Gasteiger partial charge is 0.234 e. The molecule has 20 heavy (non-hydrogen) atoms. The van der Waals surface area contributed by atoms with Gasteiger partial charge in [-0.2, -0.15) is 11.3 Å². The zero-order chi connectivity index (χ0) is 13.9. The zero-order valence-electron chi connectivity index (χ0n) is 11.1. The van der Waals surface area contributed by atoms with Gasteiger partial charge in [0.2, 0.25) is 5.91 Å². The summed E-state index contributed by atoms with van der Waals surface area (Å²) in [5.41, 5.74) is 2.26. The minimum atomic E-state index is 0.124. The van der Waals surface area contributed by atoms with Crippen LogP contribution in [0.25, 0.3) is 0 Å². The van der Waals surface area contributed by atoms with Gasteiger partial charge in [0, 0.05) is 5.56 Å². The average molecular weight is 305 g/mol. The van der Waals surface area contributed by atoms with E-state index >= 15 is 0 Å². The number of thiophene rings is 1. The number of carbonyl (C=O) groups is 1. The molecule has 2 aromatic rings. The molecule has 1 fully saturated rings. The van der Waals surface area contributed by atoms with Crippen LogP contribution in [0.3, 0.4) is 0 Å². The molecule has 1 aliphatic rings. The van der Waals surface area contributed by atoms with Gasteiger partial charge in [-0.15, -0.1) is 11.8 Å². The average Bonchev–Trinajstić information content (AvgIpc) is 3.10. The number of hydrogen-bond acceptors (Lipinski definition) is 4. The highest BCUT2D eigenvalue weighted by Crippen LogP contribution is 2.40. The number of amides is 1. The van der Waals surface area contributed by atoms with E-state index in [1.54, 1.807) is 30.2 Å². The lowest BCUT2D eigenvalue weighted by Gasteiger charge is -2.24. The van der Waals surface area contributed by atoms with Crippen molar-refractivity contribution in [3.05, 3.63) is 52.2 Å².